The van der Waals surface area contributed by atoms with Crippen molar-refractivity contribution in [3.63, 3.8) is 0 Å². The third-order valence-electron chi connectivity index (χ3n) is 5.42. The Balaban J connectivity index is 1.37. The molecular weight excluding hydrogens is 448 g/mol. The van der Waals surface area contributed by atoms with Gasteiger partial charge in [0.05, 0.1) is 17.7 Å². The fourth-order valence-corrected chi connectivity index (χ4v) is 3.61. The molecule has 0 aliphatic heterocycles. The van der Waals surface area contributed by atoms with Gasteiger partial charge in [0.15, 0.2) is 16.8 Å². The number of anilines is 1. The molecule has 0 atom stereocenters. The van der Waals surface area contributed by atoms with E-state index in [1.807, 2.05) is 18.2 Å². The molecule has 4 aromatic rings. The van der Waals surface area contributed by atoms with Crippen molar-refractivity contribution < 1.29 is 24.0 Å². The number of hydroxylamine groups is 1. The molecule has 8 heteroatoms. The van der Waals surface area contributed by atoms with Gasteiger partial charge in [-0.3, -0.25) is 19.6 Å². The van der Waals surface area contributed by atoms with E-state index in [9.17, 15) is 14.4 Å². The minimum Gasteiger partial charge on any atom is -0.494 e. The first-order valence-corrected chi connectivity index (χ1v) is 11.1. The van der Waals surface area contributed by atoms with E-state index >= 15 is 0 Å². The number of benzene rings is 3. The van der Waals surface area contributed by atoms with Crippen LogP contribution in [0.3, 0.4) is 0 Å². The molecule has 0 unspecified atom stereocenters. The molecule has 1 heterocycles. The van der Waals surface area contributed by atoms with Gasteiger partial charge in [-0.25, -0.2) is 5.48 Å². The van der Waals surface area contributed by atoms with Gasteiger partial charge in [-0.15, -0.1) is 0 Å². The number of aryl methyl sites for hydroxylation is 1. The Morgan fingerprint density at radius 3 is 2.40 bits per heavy atom. The van der Waals surface area contributed by atoms with Gasteiger partial charge < -0.3 is 14.5 Å². The van der Waals surface area contributed by atoms with Crippen LogP contribution in [-0.4, -0.2) is 23.6 Å². The van der Waals surface area contributed by atoms with Gasteiger partial charge in [0.2, 0.25) is 0 Å². The number of amides is 2. The van der Waals surface area contributed by atoms with E-state index in [0.717, 1.165) is 25.3 Å². The van der Waals surface area contributed by atoms with Gasteiger partial charge in [0.25, 0.3) is 5.91 Å². The van der Waals surface area contributed by atoms with Crippen molar-refractivity contribution in [1.29, 1.82) is 0 Å². The van der Waals surface area contributed by atoms with Gasteiger partial charge in [0, 0.05) is 11.6 Å². The summed E-state index contributed by atoms with van der Waals surface area (Å²) >= 11 is 0. The number of unbranched alkanes of at least 4 members (excludes halogenated alkanes) is 1. The van der Waals surface area contributed by atoms with Crippen molar-refractivity contribution in [3.05, 3.63) is 106 Å². The molecule has 0 saturated carbocycles. The molecule has 0 saturated heterocycles. The summed E-state index contributed by atoms with van der Waals surface area (Å²) in [5, 5.41) is 11.7. The molecule has 0 aliphatic carbocycles. The van der Waals surface area contributed by atoms with E-state index in [0.29, 0.717) is 17.9 Å². The molecule has 178 valence electrons. The number of hydrogen-bond acceptors (Lipinski definition) is 6. The molecule has 0 bridgehead atoms. The highest BCUT2D eigenvalue weighted by atomic mass is 16.5. The molecule has 3 aromatic carbocycles. The van der Waals surface area contributed by atoms with Crippen molar-refractivity contribution >= 4 is 28.5 Å². The average molecular weight is 472 g/mol. The normalized spacial score (nSPS) is 10.7. The minimum atomic E-state index is -0.971. The molecule has 0 aliphatic rings. The lowest BCUT2D eigenvalue weighted by molar-refractivity contribution is 0.0676. The van der Waals surface area contributed by atoms with Crippen LogP contribution in [0.15, 0.2) is 88.1 Å². The maximum atomic E-state index is 12.8. The van der Waals surface area contributed by atoms with Gasteiger partial charge >= 0.3 is 5.91 Å². The number of nitrogens with one attached hydrogen (secondary N) is 2. The van der Waals surface area contributed by atoms with Crippen LogP contribution in [0.25, 0.3) is 11.0 Å². The lowest BCUT2D eigenvalue weighted by Gasteiger charge is -2.10. The van der Waals surface area contributed by atoms with Crippen LogP contribution >= 0.6 is 0 Å². The maximum absolute atomic E-state index is 12.8. The second-order valence-electron chi connectivity index (χ2n) is 7.87. The largest absolute Gasteiger partial charge is 0.494 e. The van der Waals surface area contributed by atoms with Crippen molar-refractivity contribution in [3.8, 4) is 5.75 Å². The SMILES string of the molecule is O=C(Nc1cccc2c(=O)cc(C(=O)NO)oc12)c1ccc(OCCCCc2ccccc2)cc1. The lowest BCUT2D eigenvalue weighted by Crippen LogP contribution is -2.20. The molecule has 1 aromatic heterocycles. The summed E-state index contributed by atoms with van der Waals surface area (Å²) < 4.78 is 11.2. The Labute approximate surface area is 201 Å². The maximum Gasteiger partial charge on any atom is 0.310 e. The second kappa shape index (κ2) is 11.1. The molecule has 0 fully saturated rings. The first kappa shape index (κ1) is 23.7. The predicted molar refractivity (Wildman–Crippen MR) is 131 cm³/mol. The van der Waals surface area contributed by atoms with E-state index in [1.165, 1.54) is 17.1 Å². The molecule has 0 radical (unpaired) electrons. The number of para-hydroxylation sites is 1. The Morgan fingerprint density at radius 2 is 1.66 bits per heavy atom. The zero-order valence-electron chi connectivity index (χ0n) is 18.8. The summed E-state index contributed by atoms with van der Waals surface area (Å²) in [6.07, 6.45) is 2.94. The standard InChI is InChI=1S/C27H24N2O6/c30-23-17-24(27(32)29-33)35-25-21(23)10-6-11-22(25)28-26(31)19-12-14-20(15-13-19)34-16-5-4-9-18-7-2-1-3-8-18/h1-3,6-8,10-15,17,33H,4-5,9,16H2,(H,28,31)(H,29,32). The molecule has 0 spiro atoms. The summed E-state index contributed by atoms with van der Waals surface area (Å²) in [4.78, 5) is 36.8. The molecule has 35 heavy (non-hydrogen) atoms. The van der Waals surface area contributed by atoms with Gasteiger partial charge in [-0.2, -0.15) is 0 Å². The summed E-state index contributed by atoms with van der Waals surface area (Å²) in [5.74, 6) is -1.11. The summed E-state index contributed by atoms with van der Waals surface area (Å²) in [5.41, 5.74) is 2.88. The van der Waals surface area contributed by atoms with Crippen LogP contribution < -0.4 is 21.0 Å². The van der Waals surface area contributed by atoms with E-state index in [1.54, 1.807) is 36.4 Å². The first-order valence-electron chi connectivity index (χ1n) is 11.1. The fraction of sp³-hybridized carbons (Fsp3) is 0.148. The number of fused-ring (bicyclic) bond motifs is 1. The van der Waals surface area contributed by atoms with Crippen LogP contribution in [0.2, 0.25) is 0 Å². The van der Waals surface area contributed by atoms with E-state index in [4.69, 9.17) is 14.4 Å². The molecule has 2 amide bonds. The van der Waals surface area contributed by atoms with Crippen molar-refractivity contribution in [2.75, 3.05) is 11.9 Å². The molecule has 4 rings (SSSR count). The smallest absolute Gasteiger partial charge is 0.310 e. The number of rotatable bonds is 9. The van der Waals surface area contributed by atoms with E-state index in [2.05, 4.69) is 17.4 Å². The summed E-state index contributed by atoms with van der Waals surface area (Å²) in [6, 6.07) is 22.7. The van der Waals surface area contributed by atoms with Crippen molar-refractivity contribution in [2.45, 2.75) is 19.3 Å². The lowest BCUT2D eigenvalue weighted by atomic mass is 10.1. The van der Waals surface area contributed by atoms with Crippen LogP contribution in [0.4, 0.5) is 5.69 Å². The second-order valence-corrected chi connectivity index (χ2v) is 7.87. The Bertz CT molecular complexity index is 1380. The van der Waals surface area contributed by atoms with Crippen molar-refractivity contribution in [1.82, 2.24) is 5.48 Å². The molecule has 3 N–H and O–H groups in total. The fourth-order valence-electron chi connectivity index (χ4n) is 3.61. The minimum absolute atomic E-state index is 0.0300. The van der Waals surface area contributed by atoms with Crippen LogP contribution in [0, 0.1) is 0 Å². The van der Waals surface area contributed by atoms with Gasteiger partial charge in [-0.05, 0) is 61.2 Å². The quantitative estimate of drug-likeness (QED) is 0.187. The first-order chi connectivity index (χ1) is 17.0. The zero-order valence-corrected chi connectivity index (χ0v) is 18.8. The van der Waals surface area contributed by atoms with Gasteiger partial charge in [-0.1, -0.05) is 36.4 Å². The highest BCUT2D eigenvalue weighted by Crippen LogP contribution is 2.23. The summed E-state index contributed by atoms with van der Waals surface area (Å²) in [6.45, 7) is 0.581. The van der Waals surface area contributed by atoms with E-state index in [-0.39, 0.29) is 22.4 Å². The predicted octanol–water partition coefficient (Wildman–Crippen LogP) is 4.57. The number of ether oxygens (including phenoxy) is 1. The molecular formula is C27H24N2O6. The summed E-state index contributed by atoms with van der Waals surface area (Å²) in [7, 11) is 0. The highest BCUT2D eigenvalue weighted by molar-refractivity contribution is 6.08. The highest BCUT2D eigenvalue weighted by Gasteiger charge is 2.16. The van der Waals surface area contributed by atoms with Crippen molar-refractivity contribution in [2.24, 2.45) is 0 Å². The number of carbonyl (C=O) groups is 2. The van der Waals surface area contributed by atoms with Crippen LogP contribution in [0.5, 0.6) is 5.75 Å². The van der Waals surface area contributed by atoms with Crippen LogP contribution in [0.1, 0.15) is 39.3 Å². The third kappa shape index (κ3) is 5.93. The topological polar surface area (TPSA) is 118 Å². The third-order valence-corrected chi connectivity index (χ3v) is 5.42. The number of carbonyl (C=O) groups excluding carboxylic acids is 2. The average Bonchev–Trinajstić information content (AvgIpc) is 2.89. The van der Waals surface area contributed by atoms with Gasteiger partial charge in [0.1, 0.15) is 5.75 Å². The monoisotopic (exact) mass is 472 g/mol. The number of hydrogen-bond donors (Lipinski definition) is 3. The van der Waals surface area contributed by atoms with E-state index < -0.39 is 17.2 Å². The Kier molecular flexibility index (Phi) is 7.54. The van der Waals surface area contributed by atoms with Crippen LogP contribution in [-0.2, 0) is 6.42 Å². The zero-order chi connectivity index (χ0) is 24.6. The Morgan fingerprint density at radius 1 is 0.886 bits per heavy atom. The molecule has 8 nitrogen and oxygen atoms in total. The Hall–Kier alpha value is -4.43.